The Morgan fingerprint density at radius 3 is 2.25 bits per heavy atom. The second kappa shape index (κ2) is 4.51. The molecule has 2 atom stereocenters. The molecular formula is C11H19N3O2. The number of hydrogen-bond acceptors (Lipinski definition) is 4. The molecule has 0 saturated carbocycles. The molecule has 2 saturated heterocycles. The molecule has 0 bridgehead atoms. The quantitative estimate of drug-likeness (QED) is 0.641. The maximum Gasteiger partial charge on any atom is 0.234 e. The number of hydrogen-bond donors (Lipinski definition) is 1. The number of likely N-dealkylation sites (tertiary alicyclic amines) is 2. The van der Waals surface area contributed by atoms with Crippen LogP contribution in [0, 0.1) is 11.8 Å². The molecule has 2 heterocycles. The van der Waals surface area contributed by atoms with Crippen molar-refractivity contribution >= 4 is 11.8 Å². The van der Waals surface area contributed by atoms with Crippen molar-refractivity contribution in [2.45, 2.75) is 13.3 Å². The first-order valence-electron chi connectivity index (χ1n) is 5.96. The van der Waals surface area contributed by atoms with Crippen LogP contribution in [-0.2, 0) is 9.59 Å². The van der Waals surface area contributed by atoms with Crippen LogP contribution in [0.3, 0.4) is 0 Å². The van der Waals surface area contributed by atoms with Crippen LogP contribution in [0.15, 0.2) is 0 Å². The molecular weight excluding hydrogens is 206 g/mol. The number of carbonyl (C=O) groups excluding carboxylic acids is 2. The Bertz CT molecular complexity index is 282. The van der Waals surface area contributed by atoms with E-state index >= 15 is 0 Å². The number of carbonyl (C=O) groups is 2. The lowest BCUT2D eigenvalue weighted by Crippen LogP contribution is -2.36. The molecule has 90 valence electrons. The molecule has 0 aromatic heterocycles. The molecule has 2 N–H and O–H groups in total. The van der Waals surface area contributed by atoms with Gasteiger partial charge in [-0.2, -0.15) is 0 Å². The Morgan fingerprint density at radius 1 is 1.25 bits per heavy atom. The smallest absolute Gasteiger partial charge is 0.234 e. The predicted molar refractivity (Wildman–Crippen MR) is 59.5 cm³/mol. The van der Waals surface area contributed by atoms with Gasteiger partial charge in [0.1, 0.15) is 0 Å². The topological polar surface area (TPSA) is 66.6 Å². The number of amides is 2. The highest BCUT2D eigenvalue weighted by Crippen LogP contribution is 2.32. The van der Waals surface area contributed by atoms with E-state index in [1.54, 1.807) is 0 Å². The molecule has 0 aromatic rings. The zero-order valence-electron chi connectivity index (χ0n) is 9.69. The Morgan fingerprint density at radius 2 is 1.81 bits per heavy atom. The standard InChI is InChI=1S/C11H19N3O2/c1-2-14-10(15)8-6-13(5-3-4-12)7-9(8)11(14)16/h8-9H,2-7,12H2,1H3/t8-,9-/m1/s1. The number of fused-ring (bicyclic) bond motifs is 1. The Hall–Kier alpha value is -0.940. The first-order valence-corrected chi connectivity index (χ1v) is 5.96. The van der Waals surface area contributed by atoms with Crippen molar-refractivity contribution < 1.29 is 9.59 Å². The minimum atomic E-state index is -0.0924. The van der Waals surface area contributed by atoms with Crippen molar-refractivity contribution in [2.75, 3.05) is 32.7 Å². The number of rotatable bonds is 4. The zero-order valence-corrected chi connectivity index (χ0v) is 9.69. The van der Waals surface area contributed by atoms with Gasteiger partial charge in [0.05, 0.1) is 11.8 Å². The monoisotopic (exact) mass is 225 g/mol. The first-order chi connectivity index (χ1) is 7.69. The van der Waals surface area contributed by atoms with E-state index < -0.39 is 0 Å². The summed E-state index contributed by atoms with van der Waals surface area (Å²) in [6.07, 6.45) is 0.930. The highest BCUT2D eigenvalue weighted by molar-refractivity contribution is 6.05. The van der Waals surface area contributed by atoms with Crippen molar-refractivity contribution in [3.8, 4) is 0 Å². The largest absolute Gasteiger partial charge is 0.330 e. The van der Waals surface area contributed by atoms with Crippen LogP contribution in [0.4, 0.5) is 0 Å². The summed E-state index contributed by atoms with van der Waals surface area (Å²) in [5.74, 6) is -0.143. The molecule has 2 amide bonds. The molecule has 2 fully saturated rings. The molecule has 0 spiro atoms. The van der Waals surface area contributed by atoms with E-state index in [1.165, 1.54) is 4.90 Å². The molecule has 2 rings (SSSR count). The summed E-state index contributed by atoms with van der Waals surface area (Å²) in [6.45, 7) is 5.37. The van der Waals surface area contributed by atoms with Crippen molar-refractivity contribution in [1.82, 2.24) is 9.80 Å². The van der Waals surface area contributed by atoms with Gasteiger partial charge in [-0.25, -0.2) is 0 Å². The Kier molecular flexibility index (Phi) is 3.25. The lowest BCUT2D eigenvalue weighted by Gasteiger charge is -2.19. The molecule has 5 nitrogen and oxygen atoms in total. The van der Waals surface area contributed by atoms with Gasteiger partial charge in [0.25, 0.3) is 0 Å². The fraction of sp³-hybridized carbons (Fsp3) is 0.818. The number of nitrogens with zero attached hydrogens (tertiary/aromatic N) is 2. The van der Waals surface area contributed by atoms with E-state index in [-0.39, 0.29) is 23.7 Å². The molecule has 5 heteroatoms. The van der Waals surface area contributed by atoms with Crippen molar-refractivity contribution in [2.24, 2.45) is 17.6 Å². The van der Waals surface area contributed by atoms with Gasteiger partial charge in [-0.3, -0.25) is 14.5 Å². The zero-order chi connectivity index (χ0) is 11.7. The van der Waals surface area contributed by atoms with Crippen LogP contribution in [0.25, 0.3) is 0 Å². The van der Waals surface area contributed by atoms with Gasteiger partial charge >= 0.3 is 0 Å². The summed E-state index contributed by atoms with van der Waals surface area (Å²) in [4.78, 5) is 27.4. The predicted octanol–water partition coefficient (Wildman–Crippen LogP) is -0.728. The third-order valence-corrected chi connectivity index (χ3v) is 3.56. The second-order valence-electron chi connectivity index (χ2n) is 4.54. The third-order valence-electron chi connectivity index (χ3n) is 3.56. The average Bonchev–Trinajstić information content (AvgIpc) is 2.78. The van der Waals surface area contributed by atoms with Crippen LogP contribution in [0.5, 0.6) is 0 Å². The maximum absolute atomic E-state index is 11.9. The van der Waals surface area contributed by atoms with E-state index in [1.807, 2.05) is 6.92 Å². The van der Waals surface area contributed by atoms with Gasteiger partial charge in [0.15, 0.2) is 0 Å². The van der Waals surface area contributed by atoms with Gasteiger partial charge in [0.2, 0.25) is 11.8 Å². The fourth-order valence-corrected chi connectivity index (χ4v) is 2.70. The number of imide groups is 1. The minimum Gasteiger partial charge on any atom is -0.330 e. The van der Waals surface area contributed by atoms with Gasteiger partial charge < -0.3 is 10.6 Å². The molecule has 16 heavy (non-hydrogen) atoms. The van der Waals surface area contributed by atoms with Gasteiger partial charge in [-0.1, -0.05) is 0 Å². The van der Waals surface area contributed by atoms with Crippen LogP contribution in [0.1, 0.15) is 13.3 Å². The molecule has 0 unspecified atom stereocenters. The van der Waals surface area contributed by atoms with Crippen LogP contribution in [0.2, 0.25) is 0 Å². The molecule has 2 aliphatic rings. The minimum absolute atomic E-state index is 0.0211. The fourth-order valence-electron chi connectivity index (χ4n) is 2.70. The first kappa shape index (κ1) is 11.5. The summed E-state index contributed by atoms with van der Waals surface area (Å²) in [7, 11) is 0. The number of nitrogens with two attached hydrogens (primary N) is 1. The van der Waals surface area contributed by atoms with Crippen molar-refractivity contribution in [3.05, 3.63) is 0 Å². The van der Waals surface area contributed by atoms with E-state index in [2.05, 4.69) is 4.90 Å². The van der Waals surface area contributed by atoms with Gasteiger partial charge in [-0.05, 0) is 26.4 Å². The van der Waals surface area contributed by atoms with Crippen molar-refractivity contribution in [3.63, 3.8) is 0 Å². The average molecular weight is 225 g/mol. The lowest BCUT2D eigenvalue weighted by atomic mass is 10.00. The van der Waals surface area contributed by atoms with Crippen LogP contribution in [-0.4, -0.2) is 54.3 Å². The summed E-state index contributed by atoms with van der Waals surface area (Å²) in [5.41, 5.74) is 5.45. The van der Waals surface area contributed by atoms with Gasteiger partial charge in [-0.15, -0.1) is 0 Å². The highest BCUT2D eigenvalue weighted by Gasteiger charge is 2.51. The third kappa shape index (κ3) is 1.74. The van der Waals surface area contributed by atoms with Gasteiger partial charge in [0, 0.05) is 19.6 Å². The van der Waals surface area contributed by atoms with E-state index in [4.69, 9.17) is 5.73 Å². The van der Waals surface area contributed by atoms with Crippen LogP contribution < -0.4 is 5.73 Å². The summed E-state index contributed by atoms with van der Waals surface area (Å²) in [5, 5.41) is 0. The Balaban J connectivity index is 1.99. The van der Waals surface area contributed by atoms with E-state index in [9.17, 15) is 9.59 Å². The SMILES string of the molecule is CCN1C(=O)[C@@H]2CN(CCCN)C[C@H]2C1=O. The van der Waals surface area contributed by atoms with E-state index in [0.29, 0.717) is 13.1 Å². The summed E-state index contributed by atoms with van der Waals surface area (Å²) < 4.78 is 0. The Labute approximate surface area is 95.6 Å². The van der Waals surface area contributed by atoms with Crippen molar-refractivity contribution in [1.29, 1.82) is 0 Å². The normalized spacial score (nSPS) is 30.2. The summed E-state index contributed by atoms with van der Waals surface area (Å²) >= 11 is 0. The highest BCUT2D eigenvalue weighted by atomic mass is 16.2. The molecule has 0 aromatic carbocycles. The molecule has 2 aliphatic heterocycles. The molecule has 0 aliphatic carbocycles. The lowest BCUT2D eigenvalue weighted by molar-refractivity contribution is -0.140. The van der Waals surface area contributed by atoms with Crippen LogP contribution >= 0.6 is 0 Å². The van der Waals surface area contributed by atoms with E-state index in [0.717, 1.165) is 26.1 Å². The molecule has 0 radical (unpaired) electrons. The maximum atomic E-state index is 11.9. The summed E-state index contributed by atoms with van der Waals surface area (Å²) in [6, 6.07) is 0. The second-order valence-corrected chi connectivity index (χ2v) is 4.54.